The second kappa shape index (κ2) is 10.3. The van der Waals surface area contributed by atoms with Gasteiger partial charge in [-0.2, -0.15) is 0 Å². The van der Waals surface area contributed by atoms with E-state index in [4.69, 9.17) is 9.84 Å². The lowest BCUT2D eigenvalue weighted by atomic mass is 10.0. The maximum absolute atomic E-state index is 14.6. The minimum Gasteiger partial charge on any atom is -0.481 e. The molecule has 2 N–H and O–H groups in total. The minimum atomic E-state index is -1.07. The highest BCUT2D eigenvalue weighted by molar-refractivity contribution is 7.31. The number of carboxylic acids is 1. The van der Waals surface area contributed by atoms with Crippen molar-refractivity contribution in [2.75, 3.05) is 5.32 Å². The molecule has 0 unspecified atom stereocenters. The number of aryl methyl sites for hydroxylation is 2. The standard InChI is InChI=1S/C27H23FN4O4S2/c1-14-9-17(10-24(33)34)19(28)11-18(14)20-12-21-22(37-20)13-23(38-21)25-26(32(3)31-30-25)29-27(35)36-15(2)16-7-5-4-6-8-16/h4-9,11-13,15H,10H2,1-3H3,(H,29,35)(H,33,34)/t15-/m1/s1. The van der Waals surface area contributed by atoms with Gasteiger partial charge >= 0.3 is 12.1 Å². The number of benzene rings is 2. The Bertz CT molecular complexity index is 1630. The predicted octanol–water partition coefficient (Wildman–Crippen LogP) is 6.81. The van der Waals surface area contributed by atoms with Crippen molar-refractivity contribution in [1.82, 2.24) is 15.0 Å². The van der Waals surface area contributed by atoms with Crippen molar-refractivity contribution in [2.45, 2.75) is 26.4 Å². The number of carbonyl (C=O) groups excluding carboxylic acids is 1. The van der Waals surface area contributed by atoms with Crippen molar-refractivity contribution in [3.63, 3.8) is 0 Å². The average Bonchev–Trinajstić information content (AvgIpc) is 3.55. The van der Waals surface area contributed by atoms with E-state index in [1.54, 1.807) is 20.0 Å². The number of nitrogens with zero attached hydrogens (tertiary/aromatic N) is 3. The molecule has 0 aliphatic carbocycles. The summed E-state index contributed by atoms with van der Waals surface area (Å²) in [4.78, 5) is 25.3. The lowest BCUT2D eigenvalue weighted by molar-refractivity contribution is -0.136. The van der Waals surface area contributed by atoms with E-state index in [9.17, 15) is 14.0 Å². The molecule has 1 atom stereocenters. The number of aromatic nitrogens is 3. The van der Waals surface area contributed by atoms with E-state index in [-0.39, 0.29) is 12.0 Å². The van der Waals surface area contributed by atoms with Gasteiger partial charge in [0, 0.05) is 21.3 Å². The topological polar surface area (TPSA) is 106 Å². The molecular formula is C27H23FN4O4S2. The van der Waals surface area contributed by atoms with Crippen LogP contribution in [0.5, 0.6) is 0 Å². The third-order valence-electron chi connectivity index (χ3n) is 6.04. The quantitative estimate of drug-likeness (QED) is 0.231. The monoisotopic (exact) mass is 550 g/mol. The van der Waals surface area contributed by atoms with Crippen molar-refractivity contribution in [2.24, 2.45) is 7.05 Å². The van der Waals surface area contributed by atoms with Crippen LogP contribution in [0.25, 0.3) is 30.4 Å². The molecule has 11 heteroatoms. The molecule has 38 heavy (non-hydrogen) atoms. The van der Waals surface area contributed by atoms with Crippen LogP contribution in [0.3, 0.4) is 0 Å². The lowest BCUT2D eigenvalue weighted by Gasteiger charge is -2.14. The summed E-state index contributed by atoms with van der Waals surface area (Å²) in [6.07, 6.45) is -1.40. The molecule has 0 bridgehead atoms. The first-order valence-electron chi connectivity index (χ1n) is 11.7. The number of nitrogens with one attached hydrogen (secondary N) is 1. The number of carbonyl (C=O) groups is 2. The van der Waals surface area contributed by atoms with Crippen molar-refractivity contribution >= 4 is 50.0 Å². The number of hydrogen-bond acceptors (Lipinski definition) is 7. The Morgan fingerprint density at radius 2 is 1.79 bits per heavy atom. The summed E-state index contributed by atoms with van der Waals surface area (Å²) in [6, 6.07) is 16.4. The van der Waals surface area contributed by atoms with E-state index in [1.807, 2.05) is 49.4 Å². The number of carboxylic acid groups (broad SMARTS) is 1. The molecule has 5 aromatic rings. The Morgan fingerprint density at radius 3 is 2.50 bits per heavy atom. The maximum Gasteiger partial charge on any atom is 0.413 e. The molecule has 5 rings (SSSR count). The number of halogens is 1. The Labute approximate surface area is 225 Å². The van der Waals surface area contributed by atoms with Crippen LogP contribution in [0.2, 0.25) is 0 Å². The zero-order chi connectivity index (χ0) is 27.0. The zero-order valence-corrected chi connectivity index (χ0v) is 22.3. The normalized spacial score (nSPS) is 12.0. The van der Waals surface area contributed by atoms with Crippen LogP contribution in [-0.4, -0.2) is 32.2 Å². The molecule has 8 nitrogen and oxygen atoms in total. The minimum absolute atomic E-state index is 0.166. The fourth-order valence-corrected chi connectivity index (χ4v) is 6.60. The second-order valence-corrected chi connectivity index (χ2v) is 10.9. The first-order valence-corrected chi connectivity index (χ1v) is 13.3. The maximum atomic E-state index is 14.6. The van der Waals surface area contributed by atoms with Gasteiger partial charge in [-0.25, -0.2) is 13.9 Å². The molecule has 0 fully saturated rings. The molecule has 0 aliphatic heterocycles. The van der Waals surface area contributed by atoms with E-state index < -0.39 is 24.0 Å². The summed E-state index contributed by atoms with van der Waals surface area (Å²) >= 11 is 2.99. The number of fused-ring (bicyclic) bond motifs is 1. The Morgan fingerprint density at radius 1 is 1.11 bits per heavy atom. The molecule has 0 saturated carbocycles. The van der Waals surface area contributed by atoms with Gasteiger partial charge in [0.15, 0.2) is 5.82 Å². The van der Waals surface area contributed by atoms with Gasteiger partial charge in [0.1, 0.15) is 17.6 Å². The predicted molar refractivity (Wildman–Crippen MR) is 146 cm³/mol. The fourth-order valence-electron chi connectivity index (χ4n) is 4.13. The smallest absolute Gasteiger partial charge is 0.413 e. The molecule has 0 spiro atoms. The van der Waals surface area contributed by atoms with Crippen LogP contribution in [0.15, 0.2) is 54.6 Å². The number of thiophene rings is 2. The number of ether oxygens (including phenoxy) is 1. The van der Waals surface area contributed by atoms with Crippen LogP contribution in [-0.2, 0) is 23.0 Å². The summed E-state index contributed by atoms with van der Waals surface area (Å²) in [5.41, 5.74) is 3.10. The summed E-state index contributed by atoms with van der Waals surface area (Å²) < 4.78 is 23.5. The third-order valence-corrected chi connectivity index (χ3v) is 8.37. The molecular weight excluding hydrogens is 527 g/mol. The molecule has 194 valence electrons. The lowest BCUT2D eigenvalue weighted by Crippen LogP contribution is -2.18. The molecule has 2 aromatic carbocycles. The van der Waals surface area contributed by atoms with Crippen LogP contribution in [0.1, 0.15) is 29.7 Å². The molecule has 3 heterocycles. The number of amides is 1. The summed E-state index contributed by atoms with van der Waals surface area (Å²) in [6.45, 7) is 3.64. The van der Waals surface area contributed by atoms with Crippen LogP contribution in [0, 0.1) is 12.7 Å². The van der Waals surface area contributed by atoms with Crippen molar-refractivity contribution in [3.05, 3.63) is 77.1 Å². The first kappa shape index (κ1) is 25.6. The van der Waals surface area contributed by atoms with Gasteiger partial charge in [0.2, 0.25) is 0 Å². The summed E-state index contributed by atoms with van der Waals surface area (Å²) in [5, 5.41) is 20.1. The highest BCUT2D eigenvalue weighted by Crippen LogP contribution is 2.43. The van der Waals surface area contributed by atoms with E-state index in [1.165, 1.54) is 33.4 Å². The summed E-state index contributed by atoms with van der Waals surface area (Å²) in [5.74, 6) is -1.19. The number of anilines is 1. The van der Waals surface area contributed by atoms with Gasteiger partial charge in [-0.05, 0) is 54.3 Å². The van der Waals surface area contributed by atoms with Gasteiger partial charge < -0.3 is 9.84 Å². The van der Waals surface area contributed by atoms with Crippen molar-refractivity contribution in [3.8, 4) is 21.0 Å². The Balaban J connectivity index is 1.37. The van der Waals surface area contributed by atoms with Crippen LogP contribution in [0.4, 0.5) is 15.0 Å². The average molecular weight is 551 g/mol. The number of rotatable bonds is 7. The highest BCUT2D eigenvalue weighted by atomic mass is 32.1. The Hall–Kier alpha value is -4.09. The van der Waals surface area contributed by atoms with Gasteiger partial charge in [0.25, 0.3) is 0 Å². The first-order chi connectivity index (χ1) is 18.2. The second-order valence-electron chi connectivity index (χ2n) is 8.77. The third kappa shape index (κ3) is 5.15. The van der Waals surface area contributed by atoms with E-state index in [2.05, 4.69) is 15.6 Å². The highest BCUT2D eigenvalue weighted by Gasteiger charge is 2.21. The molecule has 3 aromatic heterocycles. The molecule has 0 aliphatic rings. The van der Waals surface area contributed by atoms with Gasteiger partial charge in [0.05, 0.1) is 11.3 Å². The largest absolute Gasteiger partial charge is 0.481 e. The van der Waals surface area contributed by atoms with E-state index in [0.717, 1.165) is 35.8 Å². The van der Waals surface area contributed by atoms with Crippen LogP contribution >= 0.6 is 22.7 Å². The van der Waals surface area contributed by atoms with Gasteiger partial charge in [-0.3, -0.25) is 10.1 Å². The van der Waals surface area contributed by atoms with Gasteiger partial charge in [-0.15, -0.1) is 27.8 Å². The van der Waals surface area contributed by atoms with E-state index >= 15 is 0 Å². The molecule has 1 amide bonds. The SMILES string of the molecule is Cc1cc(CC(=O)O)c(F)cc1-c1cc2sc(-c3nnn(C)c3NC(=O)O[C@H](C)c3ccccc3)cc2s1. The van der Waals surface area contributed by atoms with Crippen LogP contribution < -0.4 is 5.32 Å². The van der Waals surface area contributed by atoms with E-state index in [0.29, 0.717) is 11.5 Å². The molecule has 0 saturated heterocycles. The zero-order valence-electron chi connectivity index (χ0n) is 20.7. The fraction of sp³-hybridized carbons (Fsp3) is 0.185. The number of hydrogen-bond donors (Lipinski definition) is 2. The number of aliphatic carboxylic acids is 1. The Kier molecular flexibility index (Phi) is 6.96. The van der Waals surface area contributed by atoms with Crippen molar-refractivity contribution < 1.29 is 23.8 Å². The van der Waals surface area contributed by atoms with Crippen molar-refractivity contribution in [1.29, 1.82) is 0 Å². The van der Waals surface area contributed by atoms with Gasteiger partial charge in [-0.1, -0.05) is 41.6 Å². The summed E-state index contributed by atoms with van der Waals surface area (Å²) in [7, 11) is 1.69. The molecule has 0 radical (unpaired) electrons.